The first-order valence-corrected chi connectivity index (χ1v) is 10.6. The van der Waals surface area contributed by atoms with Gasteiger partial charge < -0.3 is 19.2 Å². The lowest BCUT2D eigenvalue weighted by Gasteiger charge is -2.28. The van der Waals surface area contributed by atoms with E-state index in [-0.39, 0.29) is 36.5 Å². The highest BCUT2D eigenvalue weighted by molar-refractivity contribution is 6.47. The van der Waals surface area contributed by atoms with Crippen molar-refractivity contribution in [1.82, 2.24) is 4.90 Å². The van der Waals surface area contributed by atoms with E-state index in [1.807, 2.05) is 0 Å². The smallest absolute Gasteiger partial charge is 0.526 e. The van der Waals surface area contributed by atoms with Gasteiger partial charge in [0.2, 0.25) is 5.92 Å². The number of para-hydroxylation sites is 1. The van der Waals surface area contributed by atoms with E-state index in [2.05, 4.69) is 4.90 Å². The number of esters is 1. The highest BCUT2D eigenvalue weighted by Crippen LogP contribution is 2.37. The van der Waals surface area contributed by atoms with Crippen LogP contribution in [0.5, 0.6) is 5.75 Å². The summed E-state index contributed by atoms with van der Waals surface area (Å²) in [4.78, 5) is 26.8. The number of hydrogen-bond donors (Lipinski definition) is 1. The fourth-order valence-corrected chi connectivity index (χ4v) is 3.74. The van der Waals surface area contributed by atoms with Gasteiger partial charge in [0.05, 0.1) is 13.2 Å². The molecule has 1 atom stereocenters. The summed E-state index contributed by atoms with van der Waals surface area (Å²) in [6.45, 7) is 4.52. The van der Waals surface area contributed by atoms with E-state index in [0.717, 1.165) is 20.0 Å². The molecule has 1 fully saturated rings. The van der Waals surface area contributed by atoms with Crippen molar-refractivity contribution in [3.05, 3.63) is 29.3 Å². The van der Waals surface area contributed by atoms with Crippen molar-refractivity contribution < 1.29 is 37.5 Å². The van der Waals surface area contributed by atoms with Crippen LogP contribution < -0.4 is 4.65 Å². The summed E-state index contributed by atoms with van der Waals surface area (Å²) >= 11 is 0. The minimum atomic E-state index is -2.90. The first kappa shape index (κ1) is 23.6. The standard InChI is InChI=1S/C21H28BF2NO6/c1-21(23,24)6-5-17(26)14-16-13-15-3-2-4-18(19(15)31-22(16)28)20(27)30-12-9-25-7-10-29-11-8-25/h2-4,16,28H,5-14H2,1H3/t16-/m1/s1. The van der Waals surface area contributed by atoms with Crippen LogP contribution >= 0.6 is 0 Å². The summed E-state index contributed by atoms with van der Waals surface area (Å²) in [5.41, 5.74) is 0.889. The Kier molecular flexibility index (Phi) is 8.02. The average Bonchev–Trinajstić information content (AvgIpc) is 2.72. The van der Waals surface area contributed by atoms with Crippen LogP contribution in [-0.2, 0) is 20.7 Å². The molecule has 10 heteroatoms. The summed E-state index contributed by atoms with van der Waals surface area (Å²) in [6.07, 6.45) is -0.536. The van der Waals surface area contributed by atoms with Crippen molar-refractivity contribution in [3.63, 3.8) is 0 Å². The summed E-state index contributed by atoms with van der Waals surface area (Å²) in [7, 11) is -1.30. The van der Waals surface area contributed by atoms with Gasteiger partial charge in [0, 0.05) is 44.7 Å². The monoisotopic (exact) mass is 439 g/mol. The molecule has 31 heavy (non-hydrogen) atoms. The number of carbonyl (C=O) groups excluding carboxylic acids is 2. The lowest BCUT2D eigenvalue weighted by Crippen LogP contribution is -2.38. The molecule has 0 bridgehead atoms. The fraction of sp³-hybridized carbons (Fsp3) is 0.619. The zero-order chi connectivity index (χ0) is 22.4. The Bertz CT molecular complexity index is 782. The van der Waals surface area contributed by atoms with Gasteiger partial charge in [0.1, 0.15) is 23.7 Å². The van der Waals surface area contributed by atoms with E-state index in [9.17, 15) is 23.4 Å². The Morgan fingerprint density at radius 3 is 2.77 bits per heavy atom. The van der Waals surface area contributed by atoms with Gasteiger partial charge in [-0.2, -0.15) is 0 Å². The molecule has 170 valence electrons. The van der Waals surface area contributed by atoms with E-state index in [1.54, 1.807) is 18.2 Å². The Labute approximate surface area is 180 Å². The number of halogens is 2. The maximum Gasteiger partial charge on any atom is 0.526 e. The Morgan fingerprint density at radius 1 is 1.32 bits per heavy atom. The van der Waals surface area contributed by atoms with Gasteiger partial charge in [0.25, 0.3) is 0 Å². The molecule has 0 aromatic heterocycles. The summed E-state index contributed by atoms with van der Waals surface area (Å²) in [5, 5.41) is 10.4. The summed E-state index contributed by atoms with van der Waals surface area (Å²) in [6, 6.07) is 5.01. The first-order valence-electron chi connectivity index (χ1n) is 10.6. The van der Waals surface area contributed by atoms with Gasteiger partial charge in [-0.25, -0.2) is 13.6 Å². The zero-order valence-electron chi connectivity index (χ0n) is 17.6. The van der Waals surface area contributed by atoms with Crippen molar-refractivity contribution in [2.75, 3.05) is 39.5 Å². The number of hydrogen-bond acceptors (Lipinski definition) is 7. The van der Waals surface area contributed by atoms with Crippen LogP contribution in [0.25, 0.3) is 0 Å². The third-order valence-corrected chi connectivity index (χ3v) is 5.52. The number of Topliss-reactive ketones (excluding diaryl/α,β-unsaturated/α-hetero) is 1. The molecule has 3 rings (SSSR count). The van der Waals surface area contributed by atoms with Crippen molar-refractivity contribution in [3.8, 4) is 5.75 Å². The molecule has 0 spiro atoms. The number of carbonyl (C=O) groups is 2. The van der Waals surface area contributed by atoms with Crippen LogP contribution in [0.15, 0.2) is 18.2 Å². The second-order valence-electron chi connectivity index (χ2n) is 8.17. The topological polar surface area (TPSA) is 85.3 Å². The van der Waals surface area contributed by atoms with Crippen LogP contribution in [0.3, 0.4) is 0 Å². The van der Waals surface area contributed by atoms with E-state index in [0.29, 0.717) is 31.7 Å². The number of benzene rings is 1. The molecule has 0 unspecified atom stereocenters. The highest BCUT2D eigenvalue weighted by Gasteiger charge is 2.38. The molecule has 2 aliphatic rings. The molecule has 1 N–H and O–H groups in total. The number of nitrogens with zero attached hydrogens (tertiary/aromatic N) is 1. The quantitative estimate of drug-likeness (QED) is 0.467. The maximum absolute atomic E-state index is 13.0. The third-order valence-electron chi connectivity index (χ3n) is 5.52. The lowest BCUT2D eigenvalue weighted by molar-refractivity contribution is -0.121. The molecule has 0 radical (unpaired) electrons. The minimum Gasteiger partial charge on any atom is -0.535 e. The Morgan fingerprint density at radius 2 is 2.06 bits per heavy atom. The number of alkyl halides is 2. The van der Waals surface area contributed by atoms with Crippen molar-refractivity contribution in [2.45, 2.75) is 44.3 Å². The number of rotatable bonds is 9. The highest BCUT2D eigenvalue weighted by atomic mass is 19.3. The van der Waals surface area contributed by atoms with Gasteiger partial charge >= 0.3 is 13.1 Å². The SMILES string of the molecule is CC(F)(F)CCC(=O)C[C@H]1Cc2cccc(C(=O)OCCN3CCOCC3)c2OB1O. The predicted molar refractivity (Wildman–Crippen MR) is 110 cm³/mol. The number of fused-ring (bicyclic) bond motifs is 1. The first-order chi connectivity index (χ1) is 14.7. The van der Waals surface area contributed by atoms with Gasteiger partial charge in [-0.15, -0.1) is 0 Å². The molecule has 1 aromatic carbocycles. The van der Waals surface area contributed by atoms with Crippen LogP contribution in [0.2, 0.25) is 5.82 Å². The summed E-state index contributed by atoms with van der Waals surface area (Å²) < 4.78 is 42.2. The van der Waals surface area contributed by atoms with Crippen molar-refractivity contribution in [2.24, 2.45) is 0 Å². The van der Waals surface area contributed by atoms with Crippen LogP contribution in [0.4, 0.5) is 8.78 Å². The van der Waals surface area contributed by atoms with Gasteiger partial charge in [-0.05, 0) is 25.0 Å². The second kappa shape index (κ2) is 10.5. The van der Waals surface area contributed by atoms with E-state index < -0.39 is 31.2 Å². The zero-order valence-corrected chi connectivity index (χ0v) is 17.6. The number of ketones is 1. The molecule has 1 aromatic rings. The minimum absolute atomic E-state index is 0.0646. The second-order valence-corrected chi connectivity index (χ2v) is 8.17. The van der Waals surface area contributed by atoms with Crippen molar-refractivity contribution >= 4 is 18.9 Å². The maximum atomic E-state index is 13.0. The average molecular weight is 439 g/mol. The normalized spacial score (nSPS) is 19.5. The molecule has 0 amide bonds. The molecule has 0 saturated carbocycles. The van der Waals surface area contributed by atoms with Gasteiger partial charge in [0.15, 0.2) is 0 Å². The van der Waals surface area contributed by atoms with Crippen LogP contribution in [0.1, 0.15) is 42.1 Å². The fourth-order valence-electron chi connectivity index (χ4n) is 3.74. The van der Waals surface area contributed by atoms with Crippen LogP contribution in [0, 0.1) is 0 Å². The molecule has 2 heterocycles. The third kappa shape index (κ3) is 6.98. The van der Waals surface area contributed by atoms with E-state index in [1.165, 1.54) is 0 Å². The van der Waals surface area contributed by atoms with E-state index in [4.69, 9.17) is 14.1 Å². The molecule has 7 nitrogen and oxygen atoms in total. The largest absolute Gasteiger partial charge is 0.535 e. The van der Waals surface area contributed by atoms with Crippen molar-refractivity contribution in [1.29, 1.82) is 0 Å². The van der Waals surface area contributed by atoms with E-state index >= 15 is 0 Å². The van der Waals surface area contributed by atoms with Gasteiger partial charge in [-0.3, -0.25) is 9.69 Å². The number of morpholine rings is 1. The number of ether oxygens (including phenoxy) is 2. The predicted octanol–water partition coefficient (Wildman–Crippen LogP) is 2.36. The summed E-state index contributed by atoms with van der Waals surface area (Å²) in [5.74, 6) is -4.11. The Hall–Kier alpha value is -2.04. The molecular formula is C21H28BF2NO6. The molecule has 0 aliphatic carbocycles. The van der Waals surface area contributed by atoms with Crippen LogP contribution in [-0.4, -0.2) is 74.2 Å². The molecule has 1 saturated heterocycles. The van der Waals surface area contributed by atoms with Gasteiger partial charge in [-0.1, -0.05) is 12.1 Å². The Balaban J connectivity index is 1.56. The molecular weight excluding hydrogens is 411 g/mol. The lowest BCUT2D eigenvalue weighted by atomic mass is 9.64. The molecule has 2 aliphatic heterocycles.